The van der Waals surface area contributed by atoms with E-state index in [0.29, 0.717) is 11.4 Å². The highest BCUT2D eigenvalue weighted by Crippen LogP contribution is 2.61. The number of rotatable bonds is 7. The number of carbonyl (C=O) groups excluding carboxylic acids is 1. The predicted octanol–water partition coefficient (Wildman–Crippen LogP) is 5.04. The number of anilines is 1. The van der Waals surface area contributed by atoms with Gasteiger partial charge >= 0.3 is 0 Å². The molecule has 1 heterocycles. The normalized spacial score (nSPS) is 11.7. The first-order valence-electron chi connectivity index (χ1n) is 12.5. The predicted molar refractivity (Wildman–Crippen MR) is 159 cm³/mol. The summed E-state index contributed by atoms with van der Waals surface area (Å²) in [6, 6.07) is 44.6. The Morgan fingerprint density at radius 1 is 0.684 bits per heavy atom. The third kappa shape index (κ3) is 5.00. The molecule has 5 aromatic rings. The molecule has 0 saturated carbocycles. The fourth-order valence-corrected chi connectivity index (χ4v) is 8.79. The summed E-state index contributed by atoms with van der Waals surface area (Å²) in [6.07, 6.45) is 3.88. The summed E-state index contributed by atoms with van der Waals surface area (Å²) in [7, 11) is -2.58. The summed E-state index contributed by atoms with van der Waals surface area (Å²) in [5, 5.41) is 6.74. The van der Waals surface area contributed by atoms with Crippen LogP contribution >= 0.6 is 7.26 Å². The van der Waals surface area contributed by atoms with Crippen molar-refractivity contribution in [3.8, 4) is 0 Å². The molecule has 0 spiro atoms. The van der Waals surface area contributed by atoms with Gasteiger partial charge in [0.2, 0.25) is 5.44 Å². The van der Waals surface area contributed by atoms with E-state index in [9.17, 15) is 4.79 Å². The lowest BCUT2D eigenvalue weighted by atomic mass is 10.1. The van der Waals surface area contributed by atoms with E-state index < -0.39 is 7.26 Å². The number of benzene rings is 4. The van der Waals surface area contributed by atoms with Gasteiger partial charge in [-0.1, -0.05) is 78.4 Å². The number of pyridine rings is 1. The van der Waals surface area contributed by atoms with Crippen LogP contribution in [0.15, 0.2) is 145 Å². The van der Waals surface area contributed by atoms with E-state index in [-0.39, 0.29) is 5.91 Å². The molecular weight excluding hydrogens is 485 g/mol. The van der Waals surface area contributed by atoms with Crippen LogP contribution in [0.1, 0.15) is 15.9 Å². The fourth-order valence-electron chi connectivity index (χ4n) is 4.63. The Morgan fingerprint density at radius 3 is 1.63 bits per heavy atom. The van der Waals surface area contributed by atoms with Crippen LogP contribution in [0, 0.1) is 6.92 Å². The standard InChI is InChI=1S/C33H28N3OP/c1-26-20-22-27(23-21-26)33(37)35-32(25-36-24-12-11-19-31(36)34)38(28-13-5-2-6-14-28,29-15-7-3-8-16-29)30-17-9-4-10-18-30/h2-25,34H,1H3/p+2. The number of carbonyl (C=O) groups is 1. The summed E-state index contributed by atoms with van der Waals surface area (Å²) in [5.74, 6) is 0.403. The van der Waals surface area contributed by atoms with Crippen LogP contribution in [0.3, 0.4) is 0 Å². The second-order valence-electron chi connectivity index (χ2n) is 9.04. The maximum Gasteiger partial charge on any atom is 0.277 e. The zero-order chi connectivity index (χ0) is 26.4. The Kier molecular flexibility index (Phi) is 7.44. The topological polar surface area (TPSA) is 59.0 Å². The van der Waals surface area contributed by atoms with E-state index in [1.165, 1.54) is 0 Å². The molecule has 4 aromatic carbocycles. The van der Waals surface area contributed by atoms with Gasteiger partial charge in [-0.25, -0.2) is 4.57 Å². The zero-order valence-corrected chi connectivity index (χ0v) is 22.1. The van der Waals surface area contributed by atoms with Gasteiger partial charge in [0, 0.05) is 11.6 Å². The summed E-state index contributed by atoms with van der Waals surface area (Å²) >= 11 is 0. The Morgan fingerprint density at radius 2 is 1.16 bits per heavy atom. The van der Waals surface area contributed by atoms with Crippen molar-refractivity contribution in [2.45, 2.75) is 6.92 Å². The number of amides is 1. The molecule has 0 aliphatic carbocycles. The quantitative estimate of drug-likeness (QED) is 0.236. The molecule has 5 rings (SSSR count). The summed E-state index contributed by atoms with van der Waals surface area (Å²) in [5.41, 5.74) is 8.89. The highest BCUT2D eigenvalue weighted by atomic mass is 31.2. The summed E-state index contributed by atoms with van der Waals surface area (Å²) in [6.45, 7) is 2.01. The van der Waals surface area contributed by atoms with Gasteiger partial charge in [-0.2, -0.15) is 0 Å². The number of aryl methyl sites for hydroxylation is 1. The van der Waals surface area contributed by atoms with Crippen LogP contribution in [0.4, 0.5) is 5.82 Å². The van der Waals surface area contributed by atoms with Crippen molar-refractivity contribution in [1.82, 2.24) is 5.32 Å². The number of hydrogen-bond donors (Lipinski definition) is 2. The SMILES string of the molecule is Cc1ccc(C(=O)NC(=C[n+]2ccccc2N)[P+](c2ccccc2)(c2ccccc2)c2ccccc2)cc1. The van der Waals surface area contributed by atoms with Crippen molar-refractivity contribution in [2.75, 3.05) is 5.73 Å². The van der Waals surface area contributed by atoms with Crippen LogP contribution in [-0.4, -0.2) is 5.91 Å². The van der Waals surface area contributed by atoms with Gasteiger partial charge in [-0.3, -0.25) is 15.8 Å². The molecule has 0 saturated heterocycles. The molecule has 1 aromatic heterocycles. The molecule has 0 aliphatic rings. The number of nitrogens with zero attached hydrogens (tertiary/aromatic N) is 1. The Balaban J connectivity index is 1.83. The third-order valence-corrected chi connectivity index (χ3v) is 10.7. The second kappa shape index (κ2) is 11.2. The molecule has 3 N–H and O–H groups in total. The van der Waals surface area contributed by atoms with Crippen molar-refractivity contribution in [3.63, 3.8) is 0 Å². The van der Waals surface area contributed by atoms with Gasteiger partial charge in [0.15, 0.2) is 13.5 Å². The van der Waals surface area contributed by atoms with Gasteiger partial charge in [0.25, 0.3) is 11.7 Å². The molecular formula is C33H30N3OP+2. The molecule has 4 nitrogen and oxygen atoms in total. The van der Waals surface area contributed by atoms with E-state index in [1.807, 2.05) is 84.6 Å². The van der Waals surface area contributed by atoms with Crippen LogP contribution < -0.4 is 31.5 Å². The largest absolute Gasteiger partial charge is 0.289 e. The van der Waals surface area contributed by atoms with E-state index in [1.54, 1.807) is 0 Å². The van der Waals surface area contributed by atoms with Gasteiger partial charge in [-0.05, 0) is 61.5 Å². The molecule has 5 heteroatoms. The first-order chi connectivity index (χ1) is 18.6. The van der Waals surface area contributed by atoms with Gasteiger partial charge in [-0.15, -0.1) is 0 Å². The van der Waals surface area contributed by atoms with E-state index >= 15 is 0 Å². The number of hydrogen-bond acceptors (Lipinski definition) is 2. The van der Waals surface area contributed by atoms with Gasteiger partial charge < -0.3 is 0 Å². The van der Waals surface area contributed by atoms with Crippen LogP contribution in [0.5, 0.6) is 0 Å². The minimum absolute atomic E-state index is 0.168. The zero-order valence-electron chi connectivity index (χ0n) is 21.2. The van der Waals surface area contributed by atoms with Crippen molar-refractivity contribution >= 4 is 41.1 Å². The molecule has 0 bridgehead atoms. The first kappa shape index (κ1) is 25.1. The lowest BCUT2D eigenvalue weighted by Crippen LogP contribution is -2.41. The van der Waals surface area contributed by atoms with Crippen LogP contribution in [0.2, 0.25) is 0 Å². The molecule has 0 aliphatic heterocycles. The van der Waals surface area contributed by atoms with Gasteiger partial charge in [0.05, 0.1) is 6.20 Å². The molecule has 38 heavy (non-hydrogen) atoms. The van der Waals surface area contributed by atoms with Crippen molar-refractivity contribution < 1.29 is 9.36 Å². The Bertz CT molecular complexity index is 1450. The van der Waals surface area contributed by atoms with E-state index in [0.717, 1.165) is 26.9 Å². The number of nitrogen functional groups attached to an aromatic ring is 1. The highest BCUT2D eigenvalue weighted by Gasteiger charge is 2.51. The molecule has 0 fully saturated rings. The lowest BCUT2D eigenvalue weighted by molar-refractivity contribution is -0.552. The number of aromatic nitrogens is 1. The average molecular weight is 516 g/mol. The Labute approximate surface area is 224 Å². The number of nitrogens with two attached hydrogens (primary N) is 1. The summed E-state index contributed by atoms with van der Waals surface area (Å²) in [4.78, 5) is 13.8. The molecule has 0 atom stereocenters. The first-order valence-corrected chi connectivity index (χ1v) is 14.3. The maximum absolute atomic E-state index is 13.8. The minimum atomic E-state index is -2.58. The van der Waals surface area contributed by atoms with Gasteiger partial charge in [0.1, 0.15) is 15.9 Å². The lowest BCUT2D eigenvalue weighted by Gasteiger charge is -2.29. The van der Waals surface area contributed by atoms with Crippen molar-refractivity contribution in [2.24, 2.45) is 0 Å². The average Bonchev–Trinajstić information content (AvgIpc) is 2.97. The second-order valence-corrected chi connectivity index (χ2v) is 12.4. The van der Waals surface area contributed by atoms with E-state index in [4.69, 9.17) is 5.73 Å². The smallest absolute Gasteiger partial charge is 0.277 e. The highest BCUT2D eigenvalue weighted by molar-refractivity contribution is 7.99. The molecule has 1 amide bonds. The van der Waals surface area contributed by atoms with Crippen molar-refractivity contribution in [3.05, 3.63) is 156 Å². The van der Waals surface area contributed by atoms with Crippen LogP contribution in [-0.2, 0) is 0 Å². The third-order valence-electron chi connectivity index (χ3n) is 6.53. The maximum atomic E-state index is 13.8. The molecule has 0 unspecified atom stereocenters. The summed E-state index contributed by atoms with van der Waals surface area (Å²) < 4.78 is 1.87. The molecule has 186 valence electrons. The van der Waals surface area contributed by atoms with E-state index in [2.05, 4.69) is 78.1 Å². The molecule has 0 radical (unpaired) electrons. The Hall–Kier alpha value is -4.53. The monoisotopic (exact) mass is 515 g/mol. The fraction of sp³-hybridized carbons (Fsp3) is 0.0303. The number of nitrogens with one attached hydrogen (secondary N) is 1. The van der Waals surface area contributed by atoms with Crippen LogP contribution in [0.25, 0.3) is 6.20 Å². The minimum Gasteiger partial charge on any atom is -0.289 e. The van der Waals surface area contributed by atoms with Crippen molar-refractivity contribution in [1.29, 1.82) is 0 Å².